The highest BCUT2D eigenvalue weighted by atomic mass is 16.4. The first-order valence-corrected chi connectivity index (χ1v) is 3.74. The summed E-state index contributed by atoms with van der Waals surface area (Å²) in [5.74, 6) is -0.441. The van der Waals surface area contributed by atoms with Crippen LogP contribution in [-0.2, 0) is 0 Å². The molecule has 66 valence electrons. The fourth-order valence-electron chi connectivity index (χ4n) is 1.17. The molecule has 0 aliphatic heterocycles. The zero-order valence-corrected chi connectivity index (χ0v) is 6.93. The lowest BCUT2D eigenvalue weighted by molar-refractivity contribution is 0.0687. The van der Waals surface area contributed by atoms with Gasteiger partial charge >= 0.3 is 5.97 Å². The number of carboxylic acids is 1. The molecular formula is C8H7N3O2. The molecule has 0 unspecified atom stereocenters. The van der Waals surface area contributed by atoms with Crippen molar-refractivity contribution in [1.82, 2.24) is 14.6 Å². The van der Waals surface area contributed by atoms with Crippen molar-refractivity contribution in [3.05, 3.63) is 29.7 Å². The molecule has 0 fully saturated rings. The van der Waals surface area contributed by atoms with Crippen molar-refractivity contribution < 1.29 is 9.90 Å². The van der Waals surface area contributed by atoms with E-state index >= 15 is 0 Å². The maximum atomic E-state index is 10.7. The number of fused-ring (bicyclic) bond motifs is 1. The second-order valence-corrected chi connectivity index (χ2v) is 2.65. The number of carboxylic acid groups (broad SMARTS) is 1. The Hall–Kier alpha value is -1.91. The quantitative estimate of drug-likeness (QED) is 0.697. The second kappa shape index (κ2) is 2.55. The molecule has 0 radical (unpaired) electrons. The van der Waals surface area contributed by atoms with Gasteiger partial charge in [-0.05, 0) is 19.1 Å². The van der Waals surface area contributed by atoms with Crippen LogP contribution >= 0.6 is 0 Å². The lowest BCUT2D eigenvalue weighted by Crippen LogP contribution is -2.05. The third-order valence-electron chi connectivity index (χ3n) is 1.68. The summed E-state index contributed by atoms with van der Waals surface area (Å²) in [6.45, 7) is 1.72. The van der Waals surface area contributed by atoms with E-state index in [0.717, 1.165) is 0 Å². The molecule has 0 aliphatic carbocycles. The molecule has 0 saturated carbocycles. The van der Waals surface area contributed by atoms with Crippen LogP contribution in [0.2, 0.25) is 0 Å². The molecule has 0 aliphatic rings. The Bertz CT molecular complexity index is 475. The summed E-state index contributed by atoms with van der Waals surface area (Å²) in [6.07, 6.45) is 0. The molecule has 5 heteroatoms. The highest BCUT2D eigenvalue weighted by Crippen LogP contribution is 2.05. The van der Waals surface area contributed by atoms with Gasteiger partial charge in [0.1, 0.15) is 5.82 Å². The van der Waals surface area contributed by atoms with Gasteiger partial charge in [0.2, 0.25) is 0 Å². The van der Waals surface area contributed by atoms with Gasteiger partial charge in [-0.2, -0.15) is 5.10 Å². The van der Waals surface area contributed by atoms with E-state index in [-0.39, 0.29) is 5.69 Å². The number of nitrogens with zero attached hydrogens (tertiary/aromatic N) is 3. The maximum Gasteiger partial charge on any atom is 0.354 e. The Morgan fingerprint density at radius 2 is 2.31 bits per heavy atom. The number of aromatic carboxylic acids is 1. The summed E-state index contributed by atoms with van der Waals surface area (Å²) < 4.78 is 1.32. The first kappa shape index (κ1) is 7.72. The SMILES string of the molecule is Cc1nc2cccc(C(=O)O)n2n1. The minimum absolute atomic E-state index is 0.123. The topological polar surface area (TPSA) is 67.5 Å². The fraction of sp³-hybridized carbons (Fsp3) is 0.125. The Kier molecular flexibility index (Phi) is 1.51. The average Bonchev–Trinajstić information content (AvgIpc) is 2.43. The van der Waals surface area contributed by atoms with Crippen molar-refractivity contribution in [2.24, 2.45) is 0 Å². The number of aromatic nitrogens is 3. The summed E-state index contributed by atoms with van der Waals surface area (Å²) in [6, 6.07) is 4.85. The summed E-state index contributed by atoms with van der Waals surface area (Å²) in [5.41, 5.74) is 0.676. The monoisotopic (exact) mass is 177 g/mol. The Labute approximate surface area is 73.6 Å². The molecule has 2 rings (SSSR count). The van der Waals surface area contributed by atoms with Crippen molar-refractivity contribution in [2.75, 3.05) is 0 Å². The van der Waals surface area contributed by atoms with E-state index in [1.165, 1.54) is 10.6 Å². The minimum Gasteiger partial charge on any atom is -0.477 e. The van der Waals surface area contributed by atoms with E-state index in [0.29, 0.717) is 11.5 Å². The van der Waals surface area contributed by atoms with Gasteiger partial charge in [-0.15, -0.1) is 0 Å². The minimum atomic E-state index is -1.00. The highest BCUT2D eigenvalue weighted by Gasteiger charge is 2.09. The van der Waals surface area contributed by atoms with Crippen molar-refractivity contribution in [3.8, 4) is 0 Å². The summed E-state index contributed by atoms with van der Waals surface area (Å²) in [5, 5.41) is 12.8. The maximum absolute atomic E-state index is 10.7. The van der Waals surface area contributed by atoms with Crippen LogP contribution in [0.1, 0.15) is 16.3 Å². The summed E-state index contributed by atoms with van der Waals surface area (Å²) in [4.78, 5) is 14.8. The average molecular weight is 177 g/mol. The Morgan fingerprint density at radius 1 is 1.54 bits per heavy atom. The third kappa shape index (κ3) is 1.14. The normalized spacial score (nSPS) is 10.5. The number of rotatable bonds is 1. The zero-order chi connectivity index (χ0) is 9.42. The summed E-state index contributed by atoms with van der Waals surface area (Å²) in [7, 11) is 0. The van der Waals surface area contributed by atoms with Crippen LogP contribution < -0.4 is 0 Å². The number of hydrogen-bond acceptors (Lipinski definition) is 3. The number of carbonyl (C=O) groups is 1. The van der Waals surface area contributed by atoms with Crippen molar-refractivity contribution >= 4 is 11.6 Å². The number of aryl methyl sites for hydroxylation is 1. The summed E-state index contributed by atoms with van der Waals surface area (Å²) >= 11 is 0. The molecule has 2 aromatic heterocycles. The largest absolute Gasteiger partial charge is 0.477 e. The van der Waals surface area contributed by atoms with E-state index in [1.807, 2.05) is 0 Å². The van der Waals surface area contributed by atoms with Gasteiger partial charge in [-0.3, -0.25) is 0 Å². The van der Waals surface area contributed by atoms with Crippen LogP contribution in [0.25, 0.3) is 5.65 Å². The predicted octanol–water partition coefficient (Wildman–Crippen LogP) is 0.736. The first-order valence-electron chi connectivity index (χ1n) is 3.74. The second-order valence-electron chi connectivity index (χ2n) is 2.65. The molecule has 1 N–H and O–H groups in total. The molecule has 5 nitrogen and oxygen atoms in total. The number of pyridine rings is 1. The molecular weight excluding hydrogens is 170 g/mol. The molecule has 13 heavy (non-hydrogen) atoms. The Balaban J connectivity index is 2.82. The van der Waals surface area contributed by atoms with E-state index in [2.05, 4.69) is 10.1 Å². The third-order valence-corrected chi connectivity index (χ3v) is 1.68. The lowest BCUT2D eigenvalue weighted by Gasteiger charge is -1.95. The van der Waals surface area contributed by atoms with Gasteiger partial charge in [0, 0.05) is 0 Å². The Morgan fingerprint density at radius 3 is 3.00 bits per heavy atom. The predicted molar refractivity (Wildman–Crippen MR) is 44.7 cm³/mol. The van der Waals surface area contributed by atoms with Crippen LogP contribution in [0.15, 0.2) is 18.2 Å². The van der Waals surface area contributed by atoms with E-state index in [4.69, 9.17) is 5.11 Å². The van der Waals surface area contributed by atoms with E-state index < -0.39 is 5.97 Å². The molecule has 0 spiro atoms. The van der Waals surface area contributed by atoms with E-state index in [9.17, 15) is 4.79 Å². The smallest absolute Gasteiger partial charge is 0.354 e. The van der Waals surface area contributed by atoms with E-state index in [1.54, 1.807) is 19.1 Å². The van der Waals surface area contributed by atoms with Crippen LogP contribution in [0.5, 0.6) is 0 Å². The molecule has 0 aromatic carbocycles. The van der Waals surface area contributed by atoms with Gasteiger partial charge in [0.25, 0.3) is 0 Å². The van der Waals surface area contributed by atoms with Gasteiger partial charge in [0.15, 0.2) is 11.3 Å². The molecule has 2 aromatic rings. The fourth-order valence-corrected chi connectivity index (χ4v) is 1.17. The molecule has 0 saturated heterocycles. The van der Waals surface area contributed by atoms with Crippen molar-refractivity contribution in [3.63, 3.8) is 0 Å². The van der Waals surface area contributed by atoms with Crippen molar-refractivity contribution in [1.29, 1.82) is 0 Å². The molecule has 0 atom stereocenters. The molecule has 2 heterocycles. The van der Waals surface area contributed by atoms with Gasteiger partial charge in [-0.1, -0.05) is 6.07 Å². The standard InChI is InChI=1S/C8H7N3O2/c1-5-9-7-4-2-3-6(8(12)13)11(7)10-5/h2-4H,1H3,(H,12,13). The van der Waals surface area contributed by atoms with Gasteiger partial charge in [-0.25, -0.2) is 14.3 Å². The van der Waals surface area contributed by atoms with Gasteiger partial charge in [0.05, 0.1) is 0 Å². The molecule has 0 amide bonds. The first-order chi connectivity index (χ1) is 6.18. The van der Waals surface area contributed by atoms with Crippen molar-refractivity contribution in [2.45, 2.75) is 6.92 Å². The van der Waals surface area contributed by atoms with Crippen LogP contribution in [0, 0.1) is 6.92 Å². The lowest BCUT2D eigenvalue weighted by atomic mass is 10.3. The van der Waals surface area contributed by atoms with Crippen LogP contribution in [0.3, 0.4) is 0 Å². The van der Waals surface area contributed by atoms with Gasteiger partial charge < -0.3 is 5.11 Å². The molecule has 0 bridgehead atoms. The number of hydrogen-bond donors (Lipinski definition) is 1. The zero-order valence-electron chi connectivity index (χ0n) is 6.93. The van der Waals surface area contributed by atoms with Crippen LogP contribution in [0.4, 0.5) is 0 Å². The highest BCUT2D eigenvalue weighted by molar-refractivity contribution is 5.86. The van der Waals surface area contributed by atoms with Crippen LogP contribution in [-0.4, -0.2) is 25.7 Å².